The van der Waals surface area contributed by atoms with Gasteiger partial charge in [-0.2, -0.15) is 5.10 Å². The van der Waals surface area contributed by atoms with Gasteiger partial charge >= 0.3 is 0 Å². The van der Waals surface area contributed by atoms with Crippen molar-refractivity contribution in [3.8, 4) is 5.69 Å². The third-order valence-corrected chi connectivity index (χ3v) is 2.35. The Kier molecular flexibility index (Phi) is 2.36. The van der Waals surface area contributed by atoms with Crippen molar-refractivity contribution in [2.45, 2.75) is 6.92 Å². The van der Waals surface area contributed by atoms with E-state index in [2.05, 4.69) is 5.10 Å². The maximum Gasteiger partial charge on any atom is 0.250 e. The van der Waals surface area contributed by atoms with Crippen LogP contribution in [0.1, 0.15) is 15.9 Å². The number of nitrogen functional groups attached to an aromatic ring is 1. The monoisotopic (exact) mass is 216 g/mol. The Balaban J connectivity index is 2.59. The number of carbonyl (C=O) groups is 1. The SMILES string of the molecule is Cc1cn(-c2ccccc2C(N)=O)nc1N. The fourth-order valence-electron chi connectivity index (χ4n) is 1.48. The molecule has 5 nitrogen and oxygen atoms in total. The third-order valence-electron chi connectivity index (χ3n) is 2.35. The largest absolute Gasteiger partial charge is 0.382 e. The molecule has 0 bridgehead atoms. The molecule has 0 saturated carbocycles. The van der Waals surface area contributed by atoms with Gasteiger partial charge in [0.1, 0.15) is 5.82 Å². The molecule has 0 aliphatic heterocycles. The van der Waals surface area contributed by atoms with Crippen LogP contribution in [0.5, 0.6) is 0 Å². The maximum absolute atomic E-state index is 11.2. The molecule has 0 spiro atoms. The summed E-state index contributed by atoms with van der Waals surface area (Å²) in [7, 11) is 0. The topological polar surface area (TPSA) is 86.9 Å². The Bertz CT molecular complexity index is 525. The van der Waals surface area contributed by atoms with Gasteiger partial charge in [-0.25, -0.2) is 4.68 Å². The van der Waals surface area contributed by atoms with E-state index in [4.69, 9.17) is 11.5 Å². The van der Waals surface area contributed by atoms with Crippen LogP contribution >= 0.6 is 0 Å². The molecule has 1 heterocycles. The lowest BCUT2D eigenvalue weighted by Crippen LogP contribution is -2.14. The summed E-state index contributed by atoms with van der Waals surface area (Å²) in [4.78, 5) is 11.2. The molecule has 1 aromatic carbocycles. The fourth-order valence-corrected chi connectivity index (χ4v) is 1.48. The summed E-state index contributed by atoms with van der Waals surface area (Å²) < 4.78 is 1.56. The summed E-state index contributed by atoms with van der Waals surface area (Å²) in [5.41, 5.74) is 12.9. The summed E-state index contributed by atoms with van der Waals surface area (Å²) in [6, 6.07) is 7.00. The van der Waals surface area contributed by atoms with Crippen molar-refractivity contribution in [2.24, 2.45) is 5.73 Å². The van der Waals surface area contributed by atoms with Gasteiger partial charge in [0.05, 0.1) is 11.3 Å². The molecule has 82 valence electrons. The second-order valence-electron chi connectivity index (χ2n) is 3.52. The second kappa shape index (κ2) is 3.69. The van der Waals surface area contributed by atoms with E-state index in [1.165, 1.54) is 0 Å². The molecule has 0 aliphatic carbocycles. The van der Waals surface area contributed by atoms with Crippen LogP contribution in [-0.2, 0) is 0 Å². The van der Waals surface area contributed by atoms with Gasteiger partial charge in [0.25, 0.3) is 5.91 Å². The zero-order valence-electron chi connectivity index (χ0n) is 8.84. The third kappa shape index (κ3) is 1.63. The summed E-state index contributed by atoms with van der Waals surface area (Å²) in [6.45, 7) is 1.85. The van der Waals surface area contributed by atoms with Crippen LogP contribution in [0.2, 0.25) is 0 Å². The average molecular weight is 216 g/mol. The van der Waals surface area contributed by atoms with E-state index in [1.807, 2.05) is 13.0 Å². The quantitative estimate of drug-likeness (QED) is 0.780. The summed E-state index contributed by atoms with van der Waals surface area (Å²) in [6.07, 6.45) is 1.76. The summed E-state index contributed by atoms with van der Waals surface area (Å²) in [5.74, 6) is -0.0402. The smallest absolute Gasteiger partial charge is 0.250 e. The Labute approximate surface area is 92.7 Å². The minimum Gasteiger partial charge on any atom is -0.382 e. The molecule has 1 amide bonds. The van der Waals surface area contributed by atoms with E-state index >= 15 is 0 Å². The van der Waals surface area contributed by atoms with Gasteiger partial charge in [-0.05, 0) is 19.1 Å². The first-order valence-electron chi connectivity index (χ1n) is 4.80. The molecule has 0 saturated heterocycles. The van der Waals surface area contributed by atoms with Crippen molar-refractivity contribution >= 4 is 11.7 Å². The lowest BCUT2D eigenvalue weighted by atomic mass is 10.1. The molecule has 0 aliphatic rings. The van der Waals surface area contributed by atoms with E-state index < -0.39 is 5.91 Å². The Morgan fingerprint density at radius 2 is 2.06 bits per heavy atom. The number of hydrogen-bond acceptors (Lipinski definition) is 3. The van der Waals surface area contributed by atoms with Crippen LogP contribution in [0.3, 0.4) is 0 Å². The number of para-hydroxylation sites is 1. The highest BCUT2D eigenvalue weighted by molar-refractivity contribution is 5.96. The minimum atomic E-state index is -0.484. The average Bonchev–Trinajstić information content (AvgIpc) is 2.59. The van der Waals surface area contributed by atoms with Gasteiger partial charge in [-0.1, -0.05) is 12.1 Å². The van der Waals surface area contributed by atoms with Crippen molar-refractivity contribution < 1.29 is 4.79 Å². The van der Waals surface area contributed by atoms with E-state index in [0.29, 0.717) is 17.1 Å². The summed E-state index contributed by atoms with van der Waals surface area (Å²) in [5, 5.41) is 4.11. The normalized spacial score (nSPS) is 10.3. The van der Waals surface area contributed by atoms with Crippen molar-refractivity contribution in [1.29, 1.82) is 0 Å². The molecular weight excluding hydrogens is 204 g/mol. The molecular formula is C11H12N4O. The lowest BCUT2D eigenvalue weighted by Gasteiger charge is -2.05. The Hall–Kier alpha value is -2.30. The van der Waals surface area contributed by atoms with E-state index in [9.17, 15) is 4.79 Å². The second-order valence-corrected chi connectivity index (χ2v) is 3.52. The predicted octanol–water partition coefficient (Wildman–Crippen LogP) is 0.862. The van der Waals surface area contributed by atoms with Gasteiger partial charge in [-0.3, -0.25) is 4.79 Å². The number of amides is 1. The van der Waals surface area contributed by atoms with E-state index in [0.717, 1.165) is 5.56 Å². The van der Waals surface area contributed by atoms with Crippen LogP contribution in [0.25, 0.3) is 5.69 Å². The maximum atomic E-state index is 11.2. The van der Waals surface area contributed by atoms with E-state index in [-0.39, 0.29) is 0 Å². The van der Waals surface area contributed by atoms with Gasteiger partial charge in [-0.15, -0.1) is 0 Å². The highest BCUT2D eigenvalue weighted by Crippen LogP contribution is 2.16. The zero-order chi connectivity index (χ0) is 11.7. The van der Waals surface area contributed by atoms with Gasteiger partial charge in [0.15, 0.2) is 0 Å². The van der Waals surface area contributed by atoms with Gasteiger partial charge in [0, 0.05) is 11.8 Å². The number of anilines is 1. The molecule has 0 radical (unpaired) electrons. The molecule has 4 N–H and O–H groups in total. The van der Waals surface area contributed by atoms with E-state index in [1.54, 1.807) is 29.1 Å². The molecule has 0 unspecified atom stereocenters. The fraction of sp³-hybridized carbons (Fsp3) is 0.0909. The van der Waals surface area contributed by atoms with Crippen molar-refractivity contribution in [3.63, 3.8) is 0 Å². The number of aryl methyl sites for hydroxylation is 1. The number of nitrogens with zero attached hydrogens (tertiary/aromatic N) is 2. The molecule has 16 heavy (non-hydrogen) atoms. The number of primary amides is 1. The molecule has 0 fully saturated rings. The van der Waals surface area contributed by atoms with Crippen molar-refractivity contribution in [2.75, 3.05) is 5.73 Å². The Morgan fingerprint density at radius 3 is 2.62 bits per heavy atom. The molecule has 5 heteroatoms. The van der Waals surface area contributed by atoms with Gasteiger partial charge in [0.2, 0.25) is 0 Å². The first-order valence-corrected chi connectivity index (χ1v) is 4.80. The lowest BCUT2D eigenvalue weighted by molar-refractivity contribution is 0.1000. The molecule has 0 atom stereocenters. The molecule has 2 rings (SSSR count). The number of nitrogens with two attached hydrogens (primary N) is 2. The minimum absolute atomic E-state index is 0.421. The number of carbonyl (C=O) groups excluding carboxylic acids is 1. The summed E-state index contributed by atoms with van der Waals surface area (Å²) >= 11 is 0. The number of hydrogen-bond donors (Lipinski definition) is 2. The van der Waals surface area contributed by atoms with Gasteiger partial charge < -0.3 is 11.5 Å². The molecule has 1 aromatic heterocycles. The predicted molar refractivity (Wildman–Crippen MR) is 61.2 cm³/mol. The van der Waals surface area contributed by atoms with Crippen LogP contribution in [-0.4, -0.2) is 15.7 Å². The van der Waals surface area contributed by atoms with Crippen molar-refractivity contribution in [3.05, 3.63) is 41.6 Å². The Morgan fingerprint density at radius 1 is 1.38 bits per heavy atom. The number of aromatic nitrogens is 2. The van der Waals surface area contributed by atoms with Crippen LogP contribution in [0.4, 0.5) is 5.82 Å². The number of rotatable bonds is 2. The highest BCUT2D eigenvalue weighted by atomic mass is 16.1. The van der Waals surface area contributed by atoms with Crippen LogP contribution in [0.15, 0.2) is 30.5 Å². The highest BCUT2D eigenvalue weighted by Gasteiger charge is 2.10. The first kappa shape index (κ1) is 10.2. The number of benzene rings is 1. The molecule has 2 aromatic rings. The zero-order valence-corrected chi connectivity index (χ0v) is 8.84. The van der Waals surface area contributed by atoms with Crippen LogP contribution < -0.4 is 11.5 Å². The van der Waals surface area contributed by atoms with Crippen LogP contribution in [0, 0.1) is 6.92 Å². The standard InChI is InChI=1S/C11H12N4O/c1-7-6-15(14-10(7)12)9-5-3-2-4-8(9)11(13)16/h2-6H,1H3,(H2,12,14)(H2,13,16). The van der Waals surface area contributed by atoms with Crippen molar-refractivity contribution in [1.82, 2.24) is 9.78 Å². The first-order chi connectivity index (χ1) is 7.59.